The van der Waals surface area contributed by atoms with Crippen molar-refractivity contribution >= 4 is 21.4 Å². The lowest BCUT2D eigenvalue weighted by Crippen LogP contribution is -2.21. The predicted molar refractivity (Wildman–Crippen MR) is 115 cm³/mol. The number of aryl methyl sites for hydroxylation is 1. The summed E-state index contributed by atoms with van der Waals surface area (Å²) in [5, 5.41) is 1.34. The second-order valence-electron chi connectivity index (χ2n) is 7.91. The quantitative estimate of drug-likeness (QED) is 0.446. The van der Waals surface area contributed by atoms with Crippen LogP contribution in [0.25, 0.3) is 0 Å². The number of carbonyl (C=O) groups excluding carboxylic acids is 1. The van der Waals surface area contributed by atoms with Gasteiger partial charge in [-0.15, -0.1) is 0 Å². The SMILES string of the molecule is O=C(Nc1ccc2c(c1)C(S(=O)(=O)c1ccc(C(F)(F)F)cc1)CCC2)c1c(F)cccc1F. The monoisotopic (exact) mass is 495 g/mol. The third-order valence-corrected chi connectivity index (χ3v) is 7.91. The fourth-order valence-corrected chi connectivity index (χ4v) is 5.94. The fourth-order valence-electron chi connectivity index (χ4n) is 4.06. The Labute approximate surface area is 192 Å². The third-order valence-electron chi connectivity index (χ3n) is 5.74. The third kappa shape index (κ3) is 4.54. The van der Waals surface area contributed by atoms with E-state index >= 15 is 0 Å². The Morgan fingerprint density at radius 1 is 0.941 bits per heavy atom. The van der Waals surface area contributed by atoms with Gasteiger partial charge in [0.2, 0.25) is 0 Å². The van der Waals surface area contributed by atoms with Gasteiger partial charge in [0.15, 0.2) is 9.84 Å². The Hall–Kier alpha value is -3.27. The molecule has 4 rings (SSSR count). The molecule has 178 valence electrons. The molecular formula is C24H18F5NO3S. The lowest BCUT2D eigenvalue weighted by molar-refractivity contribution is -0.137. The number of sulfone groups is 1. The van der Waals surface area contributed by atoms with E-state index in [1.807, 2.05) is 0 Å². The van der Waals surface area contributed by atoms with Gasteiger partial charge >= 0.3 is 6.18 Å². The summed E-state index contributed by atoms with van der Waals surface area (Å²) in [6.45, 7) is 0. The molecule has 0 heterocycles. The highest BCUT2D eigenvalue weighted by molar-refractivity contribution is 7.91. The first-order valence-corrected chi connectivity index (χ1v) is 11.8. The second-order valence-corrected chi connectivity index (χ2v) is 10.0. The second kappa shape index (κ2) is 8.83. The van der Waals surface area contributed by atoms with Gasteiger partial charge in [-0.2, -0.15) is 13.2 Å². The van der Waals surface area contributed by atoms with Crippen LogP contribution in [0.2, 0.25) is 0 Å². The molecule has 1 atom stereocenters. The van der Waals surface area contributed by atoms with Crippen molar-refractivity contribution in [2.45, 2.75) is 35.6 Å². The van der Waals surface area contributed by atoms with E-state index in [9.17, 15) is 35.2 Å². The van der Waals surface area contributed by atoms with Crippen LogP contribution in [0.1, 0.15) is 45.1 Å². The summed E-state index contributed by atoms with van der Waals surface area (Å²) < 4.78 is 93.0. The standard InChI is InChI=1S/C24H18F5NO3S/c25-19-4-2-5-20(26)22(19)23(31)30-16-10-7-14-3-1-6-21(18(14)13-16)34(32,33)17-11-8-15(9-12-17)24(27,28)29/h2,4-5,7-13,21H,1,3,6H2,(H,30,31). The maximum Gasteiger partial charge on any atom is 0.416 e. The van der Waals surface area contributed by atoms with Crippen molar-refractivity contribution in [1.29, 1.82) is 0 Å². The molecule has 0 radical (unpaired) electrons. The minimum atomic E-state index is -4.59. The van der Waals surface area contributed by atoms with Gasteiger partial charge in [0.05, 0.1) is 15.7 Å². The number of alkyl halides is 3. The van der Waals surface area contributed by atoms with Crippen LogP contribution in [-0.4, -0.2) is 14.3 Å². The van der Waals surface area contributed by atoms with E-state index in [-0.39, 0.29) is 17.0 Å². The van der Waals surface area contributed by atoms with Crippen molar-refractivity contribution in [1.82, 2.24) is 0 Å². The molecule has 0 saturated carbocycles. The molecule has 0 bridgehead atoms. The average Bonchev–Trinajstić information content (AvgIpc) is 2.78. The van der Waals surface area contributed by atoms with E-state index < -0.39 is 49.9 Å². The first-order chi connectivity index (χ1) is 16.0. The molecule has 0 spiro atoms. The largest absolute Gasteiger partial charge is 0.416 e. The summed E-state index contributed by atoms with van der Waals surface area (Å²) in [6.07, 6.45) is -3.24. The van der Waals surface area contributed by atoms with E-state index in [4.69, 9.17) is 0 Å². The number of carbonyl (C=O) groups is 1. The molecule has 3 aromatic carbocycles. The Balaban J connectivity index is 1.66. The van der Waals surface area contributed by atoms with Crippen molar-refractivity contribution in [3.05, 3.63) is 94.6 Å². The van der Waals surface area contributed by atoms with E-state index in [0.29, 0.717) is 24.0 Å². The van der Waals surface area contributed by atoms with Gasteiger partial charge in [0.25, 0.3) is 5.91 Å². The summed E-state index contributed by atoms with van der Waals surface area (Å²) in [5.41, 5.74) is -0.490. The lowest BCUT2D eigenvalue weighted by Gasteiger charge is -2.26. The maximum absolute atomic E-state index is 13.9. The molecular weight excluding hydrogens is 477 g/mol. The normalized spacial score (nSPS) is 16.1. The number of hydrogen-bond donors (Lipinski definition) is 1. The Morgan fingerprint density at radius 2 is 1.59 bits per heavy atom. The number of anilines is 1. The van der Waals surface area contributed by atoms with Gasteiger partial charge in [-0.25, -0.2) is 17.2 Å². The molecule has 1 N–H and O–H groups in total. The first kappa shape index (κ1) is 23.9. The number of halogens is 5. The number of benzene rings is 3. The van der Waals surface area contributed by atoms with Gasteiger partial charge in [-0.3, -0.25) is 4.79 Å². The van der Waals surface area contributed by atoms with Crippen molar-refractivity contribution in [2.24, 2.45) is 0 Å². The molecule has 1 aliphatic carbocycles. The van der Waals surface area contributed by atoms with Gasteiger partial charge in [-0.05, 0) is 78.9 Å². The summed E-state index contributed by atoms with van der Waals surface area (Å²) in [6, 6.07) is 10.9. The predicted octanol–water partition coefficient (Wildman–Crippen LogP) is 6.09. The Kier molecular flexibility index (Phi) is 6.20. The van der Waals surface area contributed by atoms with Crippen LogP contribution >= 0.6 is 0 Å². The number of rotatable bonds is 4. The maximum atomic E-state index is 13.9. The molecule has 1 amide bonds. The molecule has 0 aromatic heterocycles. The summed E-state index contributed by atoms with van der Waals surface area (Å²) in [4.78, 5) is 12.2. The number of amides is 1. The van der Waals surface area contributed by atoms with Crippen LogP contribution < -0.4 is 5.32 Å². The number of nitrogens with one attached hydrogen (secondary N) is 1. The lowest BCUT2D eigenvalue weighted by atomic mass is 9.91. The fraction of sp³-hybridized carbons (Fsp3) is 0.208. The van der Waals surface area contributed by atoms with Crippen LogP contribution in [0, 0.1) is 11.6 Å². The van der Waals surface area contributed by atoms with Gasteiger partial charge in [-0.1, -0.05) is 12.1 Å². The van der Waals surface area contributed by atoms with Crippen LogP contribution in [0.3, 0.4) is 0 Å². The van der Waals surface area contributed by atoms with E-state index in [1.54, 1.807) is 6.07 Å². The summed E-state index contributed by atoms with van der Waals surface area (Å²) in [5.74, 6) is -3.12. The molecule has 0 fully saturated rings. The van der Waals surface area contributed by atoms with Crippen LogP contribution in [0.4, 0.5) is 27.6 Å². The van der Waals surface area contributed by atoms with E-state index in [2.05, 4.69) is 5.32 Å². The van der Waals surface area contributed by atoms with Gasteiger partial charge in [0, 0.05) is 5.69 Å². The molecule has 3 aromatic rings. The highest BCUT2D eigenvalue weighted by atomic mass is 32.2. The van der Waals surface area contributed by atoms with Crippen LogP contribution in [0.5, 0.6) is 0 Å². The Morgan fingerprint density at radius 3 is 2.21 bits per heavy atom. The first-order valence-electron chi connectivity index (χ1n) is 10.3. The van der Waals surface area contributed by atoms with Crippen molar-refractivity contribution in [3.63, 3.8) is 0 Å². The molecule has 1 unspecified atom stereocenters. The smallest absolute Gasteiger partial charge is 0.322 e. The minimum absolute atomic E-state index is 0.140. The summed E-state index contributed by atoms with van der Waals surface area (Å²) >= 11 is 0. The number of hydrogen-bond acceptors (Lipinski definition) is 3. The molecule has 34 heavy (non-hydrogen) atoms. The molecule has 4 nitrogen and oxygen atoms in total. The molecule has 0 saturated heterocycles. The molecule has 0 aliphatic heterocycles. The Bertz CT molecular complexity index is 1330. The average molecular weight is 495 g/mol. The number of fused-ring (bicyclic) bond motifs is 1. The minimum Gasteiger partial charge on any atom is -0.322 e. The van der Waals surface area contributed by atoms with Crippen molar-refractivity contribution in [2.75, 3.05) is 5.32 Å². The summed E-state index contributed by atoms with van der Waals surface area (Å²) in [7, 11) is -4.05. The topological polar surface area (TPSA) is 63.2 Å². The zero-order valence-corrected chi connectivity index (χ0v) is 18.3. The van der Waals surface area contributed by atoms with Crippen LogP contribution in [0.15, 0.2) is 65.6 Å². The highest BCUT2D eigenvalue weighted by Gasteiger charge is 2.35. The zero-order valence-electron chi connectivity index (χ0n) is 17.5. The van der Waals surface area contributed by atoms with Crippen molar-refractivity contribution < 1.29 is 35.2 Å². The van der Waals surface area contributed by atoms with Crippen LogP contribution in [-0.2, 0) is 22.4 Å². The zero-order chi connectivity index (χ0) is 24.7. The van der Waals surface area contributed by atoms with Gasteiger partial charge < -0.3 is 5.32 Å². The van der Waals surface area contributed by atoms with E-state index in [0.717, 1.165) is 42.5 Å². The van der Waals surface area contributed by atoms with E-state index in [1.165, 1.54) is 12.1 Å². The molecule has 1 aliphatic rings. The molecule has 10 heteroatoms. The van der Waals surface area contributed by atoms with Crippen molar-refractivity contribution in [3.8, 4) is 0 Å². The highest BCUT2D eigenvalue weighted by Crippen LogP contribution is 2.40. The van der Waals surface area contributed by atoms with Gasteiger partial charge in [0.1, 0.15) is 17.2 Å².